The molecule has 1 aromatic carbocycles. The number of aryl methyl sites for hydroxylation is 1. The maximum Gasteiger partial charge on any atom is 0.221 e. The van der Waals surface area contributed by atoms with Crippen molar-refractivity contribution in [3.63, 3.8) is 0 Å². The first-order chi connectivity index (χ1) is 14.6. The Kier molecular flexibility index (Phi) is 5.84. The van der Waals surface area contributed by atoms with Crippen LogP contribution in [0.1, 0.15) is 34.9 Å². The summed E-state index contributed by atoms with van der Waals surface area (Å²) in [6, 6.07) is 16.2. The molecule has 152 valence electrons. The smallest absolute Gasteiger partial charge is 0.221 e. The fourth-order valence-electron chi connectivity index (χ4n) is 3.69. The average Bonchev–Trinajstić information content (AvgIpc) is 3.19. The lowest BCUT2D eigenvalue weighted by atomic mass is 9.92. The van der Waals surface area contributed by atoms with E-state index in [0.717, 1.165) is 22.6 Å². The van der Waals surface area contributed by atoms with Gasteiger partial charge in [-0.05, 0) is 42.3 Å². The normalized spacial score (nSPS) is 12.1. The minimum atomic E-state index is -0.446. The molecule has 1 amide bonds. The number of carbonyl (C=O) groups excluding carboxylic acids is 1. The van der Waals surface area contributed by atoms with Gasteiger partial charge in [0.2, 0.25) is 5.91 Å². The van der Waals surface area contributed by atoms with Crippen LogP contribution in [0.2, 0.25) is 0 Å². The Hall–Kier alpha value is -3.54. The summed E-state index contributed by atoms with van der Waals surface area (Å²) in [5, 5.41) is 2.94. The summed E-state index contributed by atoms with van der Waals surface area (Å²) in [7, 11) is 0. The highest BCUT2D eigenvalue weighted by Gasteiger charge is 2.24. The largest absolute Gasteiger partial charge is 0.356 e. The van der Waals surface area contributed by atoms with Crippen LogP contribution in [0, 0.1) is 12.7 Å². The predicted octanol–water partition coefficient (Wildman–Crippen LogP) is 4.06. The third-order valence-electron chi connectivity index (χ3n) is 5.22. The van der Waals surface area contributed by atoms with Crippen molar-refractivity contribution in [1.29, 1.82) is 0 Å². The first kappa shape index (κ1) is 19.8. The van der Waals surface area contributed by atoms with Crippen molar-refractivity contribution in [2.75, 3.05) is 6.54 Å². The summed E-state index contributed by atoms with van der Waals surface area (Å²) < 4.78 is 16.6. The number of nitrogens with zero attached hydrogens (tertiary/aromatic N) is 3. The lowest BCUT2D eigenvalue weighted by Crippen LogP contribution is -2.28. The fourth-order valence-corrected chi connectivity index (χ4v) is 3.69. The number of benzene rings is 1. The molecule has 0 fully saturated rings. The number of rotatable bonds is 7. The van der Waals surface area contributed by atoms with Crippen LogP contribution in [0.3, 0.4) is 0 Å². The van der Waals surface area contributed by atoms with E-state index in [1.807, 2.05) is 47.9 Å². The number of amides is 1. The molecule has 1 atom stereocenters. The molecular formula is C24H23FN4O. The predicted molar refractivity (Wildman–Crippen MR) is 114 cm³/mol. The van der Waals surface area contributed by atoms with E-state index in [2.05, 4.69) is 15.3 Å². The Balaban J connectivity index is 1.57. The van der Waals surface area contributed by atoms with Crippen molar-refractivity contribution in [1.82, 2.24) is 19.7 Å². The summed E-state index contributed by atoms with van der Waals surface area (Å²) in [5.74, 6) is -0.911. The van der Waals surface area contributed by atoms with E-state index in [9.17, 15) is 9.18 Å². The van der Waals surface area contributed by atoms with Crippen LogP contribution in [0.15, 0.2) is 73.2 Å². The summed E-state index contributed by atoms with van der Waals surface area (Å²) in [5.41, 5.74) is 4.03. The van der Waals surface area contributed by atoms with E-state index in [1.54, 1.807) is 30.6 Å². The van der Waals surface area contributed by atoms with Crippen LogP contribution < -0.4 is 5.32 Å². The van der Waals surface area contributed by atoms with Crippen molar-refractivity contribution in [2.45, 2.75) is 25.7 Å². The van der Waals surface area contributed by atoms with Crippen LogP contribution in [0.5, 0.6) is 0 Å². The Morgan fingerprint density at radius 2 is 1.93 bits per heavy atom. The second-order valence-electron chi connectivity index (χ2n) is 7.27. The molecule has 0 aliphatic carbocycles. The van der Waals surface area contributed by atoms with Crippen molar-refractivity contribution >= 4 is 11.6 Å². The summed E-state index contributed by atoms with van der Waals surface area (Å²) in [6.07, 6.45) is 6.15. The van der Waals surface area contributed by atoms with Gasteiger partial charge in [-0.15, -0.1) is 0 Å². The molecule has 4 aromatic rings. The van der Waals surface area contributed by atoms with E-state index in [0.29, 0.717) is 18.5 Å². The molecule has 3 heterocycles. The average molecular weight is 402 g/mol. The standard InChI is InChI=1S/C24H23FN4O/c1-17-7-6-14-29-22(16-28-24(17)29)20(19-9-2-3-10-21(19)25)15-23(30)27-13-11-18-8-4-5-12-26-18/h2-10,12,14,16,20H,11,13,15H2,1H3,(H,27,30). The van der Waals surface area contributed by atoms with Gasteiger partial charge in [-0.25, -0.2) is 9.37 Å². The first-order valence-corrected chi connectivity index (χ1v) is 9.97. The Bertz CT molecular complexity index is 1160. The molecule has 0 aliphatic rings. The Morgan fingerprint density at radius 3 is 2.73 bits per heavy atom. The van der Waals surface area contributed by atoms with Crippen LogP contribution in [-0.2, 0) is 11.2 Å². The lowest BCUT2D eigenvalue weighted by molar-refractivity contribution is -0.121. The quantitative estimate of drug-likeness (QED) is 0.507. The number of carbonyl (C=O) groups is 1. The number of pyridine rings is 2. The van der Waals surface area contributed by atoms with E-state index in [4.69, 9.17) is 0 Å². The van der Waals surface area contributed by atoms with Gasteiger partial charge in [0.15, 0.2) is 0 Å². The van der Waals surface area contributed by atoms with Gasteiger partial charge in [-0.3, -0.25) is 9.78 Å². The SMILES string of the molecule is Cc1cccn2c(C(CC(=O)NCCc3ccccn3)c3ccccc3F)cnc12. The molecule has 0 saturated carbocycles. The molecule has 5 nitrogen and oxygen atoms in total. The number of halogens is 1. The van der Waals surface area contributed by atoms with Gasteiger partial charge in [-0.2, -0.15) is 0 Å². The van der Waals surface area contributed by atoms with Gasteiger partial charge < -0.3 is 9.72 Å². The second-order valence-corrected chi connectivity index (χ2v) is 7.27. The highest BCUT2D eigenvalue weighted by atomic mass is 19.1. The molecule has 0 aliphatic heterocycles. The monoisotopic (exact) mass is 402 g/mol. The summed E-state index contributed by atoms with van der Waals surface area (Å²) in [6.45, 7) is 2.46. The van der Waals surface area contributed by atoms with Crippen LogP contribution in [0.4, 0.5) is 4.39 Å². The molecule has 6 heteroatoms. The van der Waals surface area contributed by atoms with Crippen LogP contribution >= 0.6 is 0 Å². The van der Waals surface area contributed by atoms with Crippen molar-refractivity contribution in [3.05, 3.63) is 102 Å². The lowest BCUT2D eigenvalue weighted by Gasteiger charge is -2.18. The fraction of sp³-hybridized carbons (Fsp3) is 0.208. The highest BCUT2D eigenvalue weighted by Crippen LogP contribution is 2.31. The maximum atomic E-state index is 14.7. The summed E-state index contributed by atoms with van der Waals surface area (Å²) >= 11 is 0. The number of nitrogens with one attached hydrogen (secondary N) is 1. The van der Waals surface area contributed by atoms with Gasteiger partial charge >= 0.3 is 0 Å². The zero-order valence-electron chi connectivity index (χ0n) is 16.8. The number of fused-ring (bicyclic) bond motifs is 1. The number of hydrogen-bond acceptors (Lipinski definition) is 3. The molecule has 0 radical (unpaired) electrons. The van der Waals surface area contributed by atoms with Gasteiger partial charge in [0, 0.05) is 49.6 Å². The molecular weight excluding hydrogens is 379 g/mol. The maximum absolute atomic E-state index is 14.7. The Labute approximate surface area is 174 Å². The van der Waals surface area contributed by atoms with Crippen LogP contribution in [0.25, 0.3) is 5.65 Å². The number of aromatic nitrogens is 3. The van der Waals surface area contributed by atoms with Gasteiger partial charge in [0.1, 0.15) is 11.5 Å². The second kappa shape index (κ2) is 8.86. The van der Waals surface area contributed by atoms with E-state index >= 15 is 0 Å². The third-order valence-corrected chi connectivity index (χ3v) is 5.22. The molecule has 4 rings (SSSR count). The highest BCUT2D eigenvalue weighted by molar-refractivity contribution is 5.77. The third kappa shape index (κ3) is 4.22. The van der Waals surface area contributed by atoms with Gasteiger partial charge in [-0.1, -0.05) is 30.3 Å². The molecule has 0 saturated heterocycles. The van der Waals surface area contributed by atoms with E-state index in [-0.39, 0.29) is 18.1 Å². The zero-order chi connectivity index (χ0) is 20.9. The summed E-state index contributed by atoms with van der Waals surface area (Å²) in [4.78, 5) is 21.5. The molecule has 0 spiro atoms. The first-order valence-electron chi connectivity index (χ1n) is 9.97. The molecule has 30 heavy (non-hydrogen) atoms. The van der Waals surface area contributed by atoms with Gasteiger partial charge in [0.05, 0.1) is 5.69 Å². The van der Waals surface area contributed by atoms with Crippen LogP contribution in [-0.4, -0.2) is 26.8 Å². The minimum absolute atomic E-state index is 0.130. The van der Waals surface area contributed by atoms with E-state index < -0.39 is 5.92 Å². The van der Waals surface area contributed by atoms with Gasteiger partial charge in [0.25, 0.3) is 0 Å². The van der Waals surface area contributed by atoms with Crippen molar-refractivity contribution in [2.24, 2.45) is 0 Å². The number of hydrogen-bond donors (Lipinski definition) is 1. The molecule has 3 aromatic heterocycles. The molecule has 0 bridgehead atoms. The van der Waals surface area contributed by atoms with Crippen molar-refractivity contribution < 1.29 is 9.18 Å². The molecule has 1 N–H and O–H groups in total. The zero-order valence-corrected chi connectivity index (χ0v) is 16.8. The topological polar surface area (TPSA) is 59.3 Å². The Morgan fingerprint density at radius 1 is 1.10 bits per heavy atom. The minimum Gasteiger partial charge on any atom is -0.356 e. The molecule has 1 unspecified atom stereocenters. The van der Waals surface area contributed by atoms with Crippen molar-refractivity contribution in [3.8, 4) is 0 Å². The van der Waals surface area contributed by atoms with E-state index in [1.165, 1.54) is 6.07 Å². The number of imidazole rings is 1.